The highest BCUT2D eigenvalue weighted by Crippen LogP contribution is 2.28. The van der Waals surface area contributed by atoms with Crippen molar-refractivity contribution in [1.82, 2.24) is 4.90 Å². The van der Waals surface area contributed by atoms with Gasteiger partial charge in [-0.15, -0.1) is 0 Å². The highest BCUT2D eigenvalue weighted by atomic mass is 16.5. The highest BCUT2D eigenvalue weighted by molar-refractivity contribution is 5.98. The zero-order chi connectivity index (χ0) is 16.1. The van der Waals surface area contributed by atoms with Gasteiger partial charge in [0.05, 0.1) is 0 Å². The molecule has 2 rings (SSSR count). The summed E-state index contributed by atoms with van der Waals surface area (Å²) in [6.07, 6.45) is 0. The van der Waals surface area contributed by atoms with E-state index in [4.69, 9.17) is 6.15 Å². The Kier molecular flexibility index (Phi) is 4.20. The normalized spacial score (nSPS) is 12.0. The van der Waals surface area contributed by atoms with Crippen LogP contribution in [0, 0.1) is 19.2 Å². The third kappa shape index (κ3) is 3.43. The van der Waals surface area contributed by atoms with Crippen molar-refractivity contribution in [2.75, 3.05) is 13.6 Å². The second-order valence-corrected chi connectivity index (χ2v) is 5.19. The Morgan fingerprint density at radius 3 is 2.52 bits per heavy atom. The molecule has 0 saturated carbocycles. The molecule has 0 amide bonds. The van der Waals surface area contributed by atoms with Crippen LogP contribution < -0.4 is 4.74 Å². The van der Waals surface area contributed by atoms with Gasteiger partial charge < -0.3 is 9.64 Å². The Morgan fingerprint density at radius 2 is 1.90 bits per heavy atom. The maximum absolute atomic E-state index is 7.45. The summed E-state index contributed by atoms with van der Waals surface area (Å²) in [5.74, 6) is 2.32. The molecule has 0 aliphatic rings. The van der Waals surface area contributed by atoms with Gasteiger partial charge in [-0.1, -0.05) is 18.2 Å². The Morgan fingerprint density at radius 1 is 1.19 bits per heavy atom. The van der Waals surface area contributed by atoms with Crippen LogP contribution in [0.15, 0.2) is 42.5 Å². The average Bonchev–Trinajstić information content (AvgIpc) is 2.53. The van der Waals surface area contributed by atoms with Crippen LogP contribution in [-0.4, -0.2) is 24.3 Å². The summed E-state index contributed by atoms with van der Waals surface area (Å²) < 4.78 is 13.4. The minimum atomic E-state index is 0.675. The van der Waals surface area contributed by atoms with Gasteiger partial charge in [0, 0.05) is 19.2 Å². The lowest BCUT2D eigenvalue weighted by molar-refractivity contribution is 0.478. The third-order valence-electron chi connectivity index (χ3n) is 3.57. The number of ether oxygens (including phenoxy) is 1. The fraction of sp³-hybridized carbons (Fsp3) is 0.278. The summed E-state index contributed by atoms with van der Waals surface area (Å²) in [4.78, 5) is 1.96. The second kappa shape index (κ2) is 6.44. The minimum Gasteiger partial charge on any atom is -0.457 e. The van der Waals surface area contributed by atoms with Crippen LogP contribution in [-0.2, 0) is 0 Å². The first-order valence-corrected chi connectivity index (χ1v) is 7.14. The van der Waals surface area contributed by atoms with Gasteiger partial charge in [0.2, 0.25) is 0 Å². The molecule has 0 bridgehead atoms. The molecule has 21 heavy (non-hydrogen) atoms. The van der Waals surface area contributed by atoms with E-state index < -0.39 is 0 Å². The van der Waals surface area contributed by atoms with E-state index in [-0.39, 0.29) is 0 Å². The lowest BCUT2D eigenvalue weighted by Gasteiger charge is -2.20. The minimum absolute atomic E-state index is 0.675. The fourth-order valence-corrected chi connectivity index (χ4v) is 2.11. The smallest absolute Gasteiger partial charge is 0.189 e. The van der Waals surface area contributed by atoms with E-state index in [1.54, 1.807) is 0 Å². The van der Waals surface area contributed by atoms with Crippen molar-refractivity contribution < 1.29 is 6.15 Å². The summed E-state index contributed by atoms with van der Waals surface area (Å²) in [5.41, 5.74) is 3.04. The molecule has 0 radical (unpaired) electrons. The average molecular weight is 283 g/mol. The Balaban J connectivity index is 2.36. The van der Waals surface area contributed by atoms with Crippen LogP contribution in [0.25, 0.3) is 0 Å². The standard InChI is InChI=1S/C18H22N2O/c1-5-20(4)18(19)16-11-14(3)17(12-13(16)2)21-15-9-7-6-8-10-15/h6-12,19H,5H2,1-4H3/i/hD. The molecule has 0 aliphatic carbocycles. The van der Waals surface area contributed by atoms with Gasteiger partial charge in [-0.3, -0.25) is 5.40 Å². The third-order valence-corrected chi connectivity index (χ3v) is 3.57. The van der Waals surface area contributed by atoms with Gasteiger partial charge in [0.25, 0.3) is 0 Å². The molecule has 1 N–H and O–H groups in total. The topological polar surface area (TPSA) is 36.3 Å². The number of amidine groups is 1. The number of nitrogens with one attached hydrogen (secondary N) is 1. The molecule has 0 unspecified atom stereocenters. The molecule has 0 heterocycles. The number of benzene rings is 2. The van der Waals surface area contributed by atoms with Gasteiger partial charge in [-0.25, -0.2) is 0 Å². The van der Waals surface area contributed by atoms with E-state index in [2.05, 4.69) is 5.40 Å². The van der Waals surface area contributed by atoms with Crippen LogP contribution in [0.3, 0.4) is 0 Å². The summed E-state index contributed by atoms with van der Waals surface area (Å²) in [6, 6.07) is 13.8. The van der Waals surface area contributed by atoms with Crippen molar-refractivity contribution in [3.8, 4) is 11.5 Å². The van der Waals surface area contributed by atoms with Gasteiger partial charge in [-0.05, 0) is 56.2 Å². The number of para-hydroxylation sites is 1. The van der Waals surface area contributed by atoms with E-state index in [0.29, 0.717) is 5.84 Å². The Bertz CT molecular complexity index is 668. The first-order chi connectivity index (χ1) is 10.6. The molecular weight excluding hydrogens is 260 g/mol. The Labute approximate surface area is 128 Å². The predicted octanol–water partition coefficient (Wildman–Crippen LogP) is 4.37. The fourth-order valence-electron chi connectivity index (χ4n) is 2.11. The Hall–Kier alpha value is -2.29. The van der Waals surface area contributed by atoms with E-state index in [1.807, 2.05) is 75.2 Å². The maximum atomic E-state index is 7.45. The second-order valence-electron chi connectivity index (χ2n) is 5.19. The van der Waals surface area contributed by atoms with Crippen LogP contribution >= 0.6 is 0 Å². The van der Waals surface area contributed by atoms with Crippen molar-refractivity contribution >= 4 is 5.84 Å². The van der Waals surface area contributed by atoms with E-state index in [9.17, 15) is 0 Å². The van der Waals surface area contributed by atoms with Crippen molar-refractivity contribution in [2.24, 2.45) is 0 Å². The van der Waals surface area contributed by atoms with Crippen LogP contribution in [0.1, 0.15) is 23.6 Å². The monoisotopic (exact) mass is 283 g/mol. The van der Waals surface area contributed by atoms with E-state index >= 15 is 0 Å². The number of hydrogen-bond donors (Lipinski definition) is 1. The highest BCUT2D eigenvalue weighted by Gasteiger charge is 2.12. The van der Waals surface area contributed by atoms with E-state index in [1.165, 1.54) is 0 Å². The summed E-state index contributed by atoms with van der Waals surface area (Å²) in [6.45, 7) is 6.87. The summed E-state index contributed by atoms with van der Waals surface area (Å²) in [7, 11) is 1.94. The number of hydrogen-bond acceptors (Lipinski definition) is 2. The molecule has 0 fully saturated rings. The van der Waals surface area contributed by atoms with Gasteiger partial charge in [0.1, 0.15) is 17.3 Å². The van der Waals surface area contributed by atoms with E-state index in [0.717, 1.165) is 34.7 Å². The van der Waals surface area contributed by atoms with Crippen LogP contribution in [0.4, 0.5) is 0 Å². The quantitative estimate of drug-likeness (QED) is 0.668. The first kappa shape index (κ1) is 13.7. The maximum Gasteiger partial charge on any atom is 0.189 e. The molecular formula is C18H22N2O. The van der Waals surface area contributed by atoms with Crippen molar-refractivity contribution in [3.05, 3.63) is 59.2 Å². The number of nitrogens with zero attached hydrogens (tertiary/aromatic N) is 1. The molecule has 2 aromatic rings. The molecule has 3 heteroatoms. The zero-order valence-corrected chi connectivity index (χ0v) is 13.1. The molecule has 0 atom stereocenters. The zero-order valence-electron chi connectivity index (χ0n) is 14.1. The molecule has 0 spiro atoms. The lowest BCUT2D eigenvalue weighted by atomic mass is 10.0. The van der Waals surface area contributed by atoms with Crippen molar-refractivity contribution in [2.45, 2.75) is 20.8 Å². The summed E-state index contributed by atoms with van der Waals surface area (Å²) >= 11 is 0. The van der Waals surface area contributed by atoms with Crippen LogP contribution in [0.2, 0.25) is 1.41 Å². The van der Waals surface area contributed by atoms with Gasteiger partial charge >= 0.3 is 0 Å². The van der Waals surface area contributed by atoms with Crippen molar-refractivity contribution in [1.29, 1.82) is 5.40 Å². The lowest BCUT2D eigenvalue weighted by Crippen LogP contribution is -2.27. The molecule has 3 nitrogen and oxygen atoms in total. The van der Waals surface area contributed by atoms with Crippen molar-refractivity contribution in [3.63, 3.8) is 0 Å². The first-order valence-electron chi connectivity index (χ1n) is 7.59. The SMILES string of the molecule is [2H]N=C(c1cc(C)c(Oc2ccccc2)cc1C)N(C)CC. The molecule has 0 aliphatic heterocycles. The largest absolute Gasteiger partial charge is 0.457 e. The molecule has 0 saturated heterocycles. The van der Waals surface area contributed by atoms with Crippen LogP contribution in [0.5, 0.6) is 11.5 Å². The predicted molar refractivity (Wildman–Crippen MR) is 87.6 cm³/mol. The number of aryl methyl sites for hydroxylation is 2. The number of rotatable bonds is 4. The van der Waals surface area contributed by atoms with Gasteiger partial charge in [0.15, 0.2) is 1.41 Å². The molecule has 110 valence electrons. The molecule has 0 aromatic heterocycles. The van der Waals surface area contributed by atoms with Gasteiger partial charge in [-0.2, -0.15) is 0 Å². The summed E-state index contributed by atoms with van der Waals surface area (Å²) in [5, 5.41) is 3.70. The molecule has 2 aromatic carbocycles.